The number of carbonyl (C=O) groups is 1. The Morgan fingerprint density at radius 2 is 1.69 bits per heavy atom. The molecule has 0 amide bonds. The molecule has 1 unspecified atom stereocenters. The fraction of sp³-hybridized carbons (Fsp3) is 0.923. The molecule has 0 spiro atoms. The molecule has 0 rings (SSSR count). The minimum absolute atomic E-state index is 0.151. The van der Waals surface area contributed by atoms with Crippen LogP contribution < -0.4 is 5.32 Å². The van der Waals surface area contributed by atoms with Crippen LogP contribution in [0.4, 0.5) is 0 Å². The summed E-state index contributed by atoms with van der Waals surface area (Å²) >= 11 is 0. The highest BCUT2D eigenvalue weighted by Crippen LogP contribution is 2.05. The van der Waals surface area contributed by atoms with E-state index >= 15 is 0 Å². The topological polar surface area (TPSA) is 49.3 Å². The van der Waals surface area contributed by atoms with Gasteiger partial charge in [-0.25, -0.2) is 0 Å². The lowest BCUT2D eigenvalue weighted by Crippen LogP contribution is -2.41. The van der Waals surface area contributed by atoms with E-state index in [1.165, 1.54) is 32.1 Å². The van der Waals surface area contributed by atoms with E-state index in [0.29, 0.717) is 0 Å². The van der Waals surface area contributed by atoms with Gasteiger partial charge in [-0.05, 0) is 18.9 Å². The molecule has 0 fully saturated rings. The van der Waals surface area contributed by atoms with E-state index in [2.05, 4.69) is 12.2 Å². The van der Waals surface area contributed by atoms with Gasteiger partial charge in [0.05, 0.1) is 0 Å². The largest absolute Gasteiger partial charge is 0.480 e. The first-order chi connectivity index (χ1) is 7.59. The van der Waals surface area contributed by atoms with Crippen molar-refractivity contribution in [1.29, 1.82) is 0 Å². The number of carboxylic acids is 1. The fourth-order valence-electron chi connectivity index (χ4n) is 1.77. The highest BCUT2D eigenvalue weighted by Gasteiger charge is 2.19. The molecular formula is C13H27NO2. The highest BCUT2D eigenvalue weighted by atomic mass is 16.4. The molecule has 0 aliphatic carbocycles. The first-order valence-electron chi connectivity index (χ1n) is 6.55. The van der Waals surface area contributed by atoms with E-state index in [1.807, 2.05) is 13.8 Å². The average Bonchev–Trinajstić information content (AvgIpc) is 2.21. The molecule has 96 valence electrons. The normalized spacial score (nSPS) is 13.0. The molecule has 3 nitrogen and oxygen atoms in total. The van der Waals surface area contributed by atoms with Crippen molar-refractivity contribution in [3.05, 3.63) is 0 Å². The Morgan fingerprint density at radius 1 is 1.12 bits per heavy atom. The lowest BCUT2D eigenvalue weighted by molar-refractivity contribution is -0.140. The average molecular weight is 229 g/mol. The van der Waals surface area contributed by atoms with Crippen LogP contribution in [0.3, 0.4) is 0 Å². The lowest BCUT2D eigenvalue weighted by Gasteiger charge is -2.17. The van der Waals surface area contributed by atoms with Gasteiger partial charge in [-0.1, -0.05) is 52.9 Å². The van der Waals surface area contributed by atoms with Crippen molar-refractivity contribution in [2.75, 3.05) is 6.54 Å². The molecule has 0 aliphatic heterocycles. The number of rotatable bonds is 10. The van der Waals surface area contributed by atoms with Crippen molar-refractivity contribution >= 4 is 5.97 Å². The van der Waals surface area contributed by atoms with Gasteiger partial charge in [0.1, 0.15) is 6.04 Å². The molecule has 0 aromatic rings. The molecule has 3 heteroatoms. The lowest BCUT2D eigenvalue weighted by atomic mass is 10.0. The number of nitrogens with one attached hydrogen (secondary N) is 1. The van der Waals surface area contributed by atoms with Crippen LogP contribution in [0, 0.1) is 5.92 Å². The second-order valence-corrected chi connectivity index (χ2v) is 4.78. The van der Waals surface area contributed by atoms with Gasteiger partial charge >= 0.3 is 5.97 Å². The van der Waals surface area contributed by atoms with Gasteiger partial charge in [0.2, 0.25) is 0 Å². The van der Waals surface area contributed by atoms with Gasteiger partial charge in [-0.3, -0.25) is 4.79 Å². The van der Waals surface area contributed by atoms with Crippen molar-refractivity contribution < 1.29 is 9.90 Å². The third-order valence-electron chi connectivity index (χ3n) is 2.83. The second kappa shape index (κ2) is 9.64. The maximum absolute atomic E-state index is 10.9. The summed E-state index contributed by atoms with van der Waals surface area (Å²) in [6.07, 6.45) is 7.46. The maximum Gasteiger partial charge on any atom is 0.320 e. The minimum atomic E-state index is -0.735. The Hall–Kier alpha value is -0.570. The highest BCUT2D eigenvalue weighted by molar-refractivity contribution is 5.73. The number of hydrogen-bond acceptors (Lipinski definition) is 2. The smallest absolute Gasteiger partial charge is 0.320 e. The molecule has 0 radical (unpaired) electrons. The van der Waals surface area contributed by atoms with Gasteiger partial charge in [0.15, 0.2) is 0 Å². The van der Waals surface area contributed by atoms with E-state index in [1.54, 1.807) is 0 Å². The molecule has 0 saturated carbocycles. The van der Waals surface area contributed by atoms with Crippen molar-refractivity contribution in [1.82, 2.24) is 5.32 Å². The zero-order chi connectivity index (χ0) is 12.4. The van der Waals surface area contributed by atoms with Gasteiger partial charge in [-0.2, -0.15) is 0 Å². The molecule has 0 aliphatic rings. The molecule has 0 saturated heterocycles. The van der Waals surface area contributed by atoms with E-state index in [-0.39, 0.29) is 5.92 Å². The first-order valence-corrected chi connectivity index (χ1v) is 6.55. The van der Waals surface area contributed by atoms with E-state index in [4.69, 9.17) is 5.11 Å². The summed E-state index contributed by atoms with van der Waals surface area (Å²) < 4.78 is 0. The predicted octanol–water partition coefficient (Wildman–Crippen LogP) is 3.05. The summed E-state index contributed by atoms with van der Waals surface area (Å²) in [4.78, 5) is 10.9. The van der Waals surface area contributed by atoms with Crippen LogP contribution in [-0.4, -0.2) is 23.7 Å². The standard InChI is InChI=1S/C13H27NO2/c1-4-5-6-7-8-9-10-14-12(11(2)3)13(15)16/h11-12,14H,4-10H2,1-3H3,(H,15,16). The van der Waals surface area contributed by atoms with Crippen LogP contribution in [0.15, 0.2) is 0 Å². The number of unbranched alkanes of at least 4 members (excludes halogenated alkanes) is 5. The Morgan fingerprint density at radius 3 is 2.19 bits per heavy atom. The van der Waals surface area contributed by atoms with Crippen LogP contribution in [0.25, 0.3) is 0 Å². The summed E-state index contributed by atoms with van der Waals surface area (Å²) in [5.41, 5.74) is 0. The van der Waals surface area contributed by atoms with Crippen molar-refractivity contribution in [2.45, 2.75) is 65.3 Å². The van der Waals surface area contributed by atoms with Crippen molar-refractivity contribution in [3.63, 3.8) is 0 Å². The molecule has 0 heterocycles. The van der Waals surface area contributed by atoms with Crippen molar-refractivity contribution in [3.8, 4) is 0 Å². The van der Waals surface area contributed by atoms with E-state index in [9.17, 15) is 4.79 Å². The fourth-order valence-corrected chi connectivity index (χ4v) is 1.77. The maximum atomic E-state index is 10.9. The molecular weight excluding hydrogens is 202 g/mol. The second-order valence-electron chi connectivity index (χ2n) is 4.78. The Kier molecular flexibility index (Phi) is 9.30. The number of carboxylic acid groups (broad SMARTS) is 1. The van der Waals surface area contributed by atoms with E-state index < -0.39 is 12.0 Å². The van der Waals surface area contributed by atoms with Crippen LogP contribution in [0.5, 0.6) is 0 Å². The first kappa shape index (κ1) is 15.4. The van der Waals surface area contributed by atoms with Gasteiger partial charge < -0.3 is 10.4 Å². The third-order valence-corrected chi connectivity index (χ3v) is 2.83. The summed E-state index contributed by atoms with van der Waals surface area (Å²) in [7, 11) is 0. The minimum Gasteiger partial charge on any atom is -0.480 e. The SMILES string of the molecule is CCCCCCCCNC(C(=O)O)C(C)C. The molecule has 1 atom stereocenters. The van der Waals surface area contributed by atoms with Crippen LogP contribution >= 0.6 is 0 Å². The van der Waals surface area contributed by atoms with Gasteiger partial charge in [0.25, 0.3) is 0 Å². The van der Waals surface area contributed by atoms with Crippen molar-refractivity contribution in [2.24, 2.45) is 5.92 Å². The van der Waals surface area contributed by atoms with Crippen LogP contribution in [-0.2, 0) is 4.79 Å². The Bertz CT molecular complexity index is 181. The predicted molar refractivity (Wildman–Crippen MR) is 67.6 cm³/mol. The molecule has 16 heavy (non-hydrogen) atoms. The Balaban J connectivity index is 3.45. The molecule has 0 aromatic heterocycles. The molecule has 0 aromatic carbocycles. The van der Waals surface area contributed by atoms with Crippen LogP contribution in [0.2, 0.25) is 0 Å². The number of aliphatic carboxylic acids is 1. The summed E-state index contributed by atoms with van der Waals surface area (Å²) in [6, 6.07) is -0.393. The third kappa shape index (κ3) is 7.69. The van der Waals surface area contributed by atoms with E-state index in [0.717, 1.165) is 13.0 Å². The molecule has 0 bridgehead atoms. The van der Waals surface area contributed by atoms with Gasteiger partial charge in [0, 0.05) is 0 Å². The van der Waals surface area contributed by atoms with Gasteiger partial charge in [-0.15, -0.1) is 0 Å². The monoisotopic (exact) mass is 229 g/mol. The summed E-state index contributed by atoms with van der Waals surface area (Å²) in [5, 5.41) is 12.1. The number of hydrogen-bond donors (Lipinski definition) is 2. The summed E-state index contributed by atoms with van der Waals surface area (Å²) in [6.45, 7) is 6.91. The summed E-state index contributed by atoms with van der Waals surface area (Å²) in [5.74, 6) is -0.585. The molecule has 2 N–H and O–H groups in total. The van der Waals surface area contributed by atoms with Crippen LogP contribution in [0.1, 0.15) is 59.3 Å². The Labute approximate surface area is 99.6 Å². The quantitative estimate of drug-likeness (QED) is 0.566. The zero-order valence-corrected chi connectivity index (χ0v) is 11.0. The zero-order valence-electron chi connectivity index (χ0n) is 11.0.